The molecule has 0 saturated heterocycles. The Morgan fingerprint density at radius 3 is 2.67 bits per heavy atom. The highest BCUT2D eigenvalue weighted by atomic mass is 19.1. The summed E-state index contributed by atoms with van der Waals surface area (Å²) >= 11 is 0. The van der Waals surface area contributed by atoms with E-state index in [9.17, 15) is 18.7 Å². The molecule has 0 aliphatic carbocycles. The zero-order valence-corrected chi connectivity index (χ0v) is 12.5. The van der Waals surface area contributed by atoms with Crippen LogP contribution >= 0.6 is 0 Å². The molecule has 1 heterocycles. The number of rotatable bonds is 4. The number of halogens is 2. The van der Waals surface area contributed by atoms with Gasteiger partial charge in [0.15, 0.2) is 0 Å². The third-order valence-corrected chi connectivity index (χ3v) is 3.60. The van der Waals surface area contributed by atoms with Gasteiger partial charge in [-0.25, -0.2) is 13.6 Å². The maximum atomic E-state index is 13.6. The number of anilines is 1. The summed E-state index contributed by atoms with van der Waals surface area (Å²) in [6.45, 7) is -0.323. The number of nitrogens with one attached hydrogen (secondary N) is 3. The number of amides is 2. The monoisotopic (exact) mass is 331 g/mol. The topological polar surface area (TPSA) is 77.2 Å². The molecule has 1 atom stereocenters. The lowest BCUT2D eigenvalue weighted by Gasteiger charge is -2.14. The number of aromatic nitrogens is 1. The average Bonchev–Trinajstić information content (AvgIpc) is 3.00. The van der Waals surface area contributed by atoms with Crippen molar-refractivity contribution in [1.29, 1.82) is 0 Å². The first kappa shape index (κ1) is 15.9. The highest BCUT2D eigenvalue weighted by Gasteiger charge is 2.18. The molecule has 0 radical (unpaired) electrons. The number of urea groups is 1. The Labute approximate surface area is 136 Å². The minimum absolute atomic E-state index is 0.323. The fourth-order valence-electron chi connectivity index (χ4n) is 2.43. The summed E-state index contributed by atoms with van der Waals surface area (Å²) < 4.78 is 27.1. The van der Waals surface area contributed by atoms with Gasteiger partial charge in [-0.3, -0.25) is 0 Å². The standard InChI is InChI=1S/C17H15F2N3O2/c18-12-2-1-3-13(19)16(12)15(23)9-21-17(24)22-11-4-5-14-10(8-11)6-7-20-14/h1-8,15,20,23H,9H2,(H2,21,22,24). The summed E-state index contributed by atoms with van der Waals surface area (Å²) in [5, 5.41) is 15.8. The van der Waals surface area contributed by atoms with Gasteiger partial charge >= 0.3 is 6.03 Å². The maximum Gasteiger partial charge on any atom is 0.319 e. The smallest absolute Gasteiger partial charge is 0.319 e. The van der Waals surface area contributed by atoms with E-state index in [1.165, 1.54) is 6.07 Å². The number of benzene rings is 2. The minimum atomic E-state index is -1.48. The number of aliphatic hydroxyl groups is 1. The zero-order chi connectivity index (χ0) is 17.1. The van der Waals surface area contributed by atoms with Crippen LogP contribution in [0.4, 0.5) is 19.3 Å². The number of carbonyl (C=O) groups is 1. The highest BCUT2D eigenvalue weighted by Crippen LogP contribution is 2.20. The molecule has 124 valence electrons. The van der Waals surface area contributed by atoms with Crippen molar-refractivity contribution >= 4 is 22.6 Å². The second-order valence-electron chi connectivity index (χ2n) is 5.27. The predicted octanol–water partition coefficient (Wildman–Crippen LogP) is 3.30. The molecule has 0 spiro atoms. The Morgan fingerprint density at radius 2 is 1.92 bits per heavy atom. The van der Waals surface area contributed by atoms with Gasteiger partial charge in [0.2, 0.25) is 0 Å². The fraction of sp³-hybridized carbons (Fsp3) is 0.118. The Balaban J connectivity index is 1.60. The fourth-order valence-corrected chi connectivity index (χ4v) is 2.43. The van der Waals surface area contributed by atoms with Crippen LogP contribution in [-0.2, 0) is 0 Å². The van der Waals surface area contributed by atoms with Gasteiger partial charge in [-0.05, 0) is 36.4 Å². The molecule has 1 unspecified atom stereocenters. The first-order chi connectivity index (χ1) is 11.5. The van der Waals surface area contributed by atoms with Crippen LogP contribution < -0.4 is 10.6 Å². The summed E-state index contributed by atoms with van der Waals surface area (Å²) in [7, 11) is 0. The average molecular weight is 331 g/mol. The van der Waals surface area contributed by atoms with E-state index in [0.717, 1.165) is 23.0 Å². The lowest BCUT2D eigenvalue weighted by Crippen LogP contribution is -2.32. The van der Waals surface area contributed by atoms with Crippen molar-refractivity contribution in [1.82, 2.24) is 10.3 Å². The van der Waals surface area contributed by atoms with Crippen LogP contribution in [0.2, 0.25) is 0 Å². The summed E-state index contributed by atoms with van der Waals surface area (Å²) in [5.41, 5.74) is 1.03. The predicted molar refractivity (Wildman–Crippen MR) is 86.6 cm³/mol. The first-order valence-electron chi connectivity index (χ1n) is 7.28. The molecule has 2 amide bonds. The number of fused-ring (bicyclic) bond motifs is 1. The van der Waals surface area contributed by atoms with Gasteiger partial charge < -0.3 is 20.7 Å². The van der Waals surface area contributed by atoms with Crippen LogP contribution in [0.3, 0.4) is 0 Å². The largest absolute Gasteiger partial charge is 0.386 e. The van der Waals surface area contributed by atoms with Crippen LogP contribution in [0.15, 0.2) is 48.7 Å². The van der Waals surface area contributed by atoms with Crippen LogP contribution in [0.1, 0.15) is 11.7 Å². The summed E-state index contributed by atoms with van der Waals surface area (Å²) in [6.07, 6.45) is 0.303. The Hall–Kier alpha value is -2.93. The van der Waals surface area contributed by atoms with Crippen LogP contribution in [-0.4, -0.2) is 22.7 Å². The molecule has 7 heteroatoms. The van der Waals surface area contributed by atoms with E-state index in [2.05, 4.69) is 15.6 Å². The first-order valence-corrected chi connectivity index (χ1v) is 7.28. The molecule has 0 bridgehead atoms. The van der Waals surface area contributed by atoms with Gasteiger partial charge in [-0.2, -0.15) is 0 Å². The number of aliphatic hydroxyl groups excluding tert-OH is 1. The number of aromatic amines is 1. The molecule has 4 N–H and O–H groups in total. The second-order valence-corrected chi connectivity index (χ2v) is 5.27. The third-order valence-electron chi connectivity index (χ3n) is 3.60. The Bertz CT molecular complexity index is 859. The molecule has 3 aromatic rings. The van der Waals surface area contributed by atoms with E-state index in [0.29, 0.717) is 5.69 Å². The molecule has 3 rings (SSSR count). The molecule has 0 fully saturated rings. The molecular weight excluding hydrogens is 316 g/mol. The zero-order valence-electron chi connectivity index (χ0n) is 12.5. The van der Waals surface area contributed by atoms with Crippen molar-refractivity contribution < 1.29 is 18.7 Å². The van der Waals surface area contributed by atoms with E-state index in [-0.39, 0.29) is 6.54 Å². The van der Waals surface area contributed by atoms with E-state index in [1.54, 1.807) is 18.3 Å². The van der Waals surface area contributed by atoms with Gasteiger partial charge in [0.1, 0.15) is 17.7 Å². The molecule has 0 aliphatic rings. The molecule has 24 heavy (non-hydrogen) atoms. The van der Waals surface area contributed by atoms with Gasteiger partial charge in [-0.15, -0.1) is 0 Å². The van der Waals surface area contributed by atoms with Crippen LogP contribution in [0.5, 0.6) is 0 Å². The Kier molecular flexibility index (Phi) is 4.43. The molecule has 0 saturated carbocycles. The van der Waals surface area contributed by atoms with E-state index < -0.39 is 29.3 Å². The summed E-state index contributed by atoms with van der Waals surface area (Å²) in [6, 6.07) is 9.89. The van der Waals surface area contributed by atoms with Crippen molar-refractivity contribution in [2.24, 2.45) is 0 Å². The lowest BCUT2D eigenvalue weighted by molar-refractivity contribution is 0.166. The van der Waals surface area contributed by atoms with E-state index in [4.69, 9.17) is 0 Å². The van der Waals surface area contributed by atoms with Crippen molar-refractivity contribution in [2.75, 3.05) is 11.9 Å². The maximum absolute atomic E-state index is 13.6. The van der Waals surface area contributed by atoms with Crippen molar-refractivity contribution in [3.8, 4) is 0 Å². The van der Waals surface area contributed by atoms with Crippen molar-refractivity contribution in [3.05, 3.63) is 65.9 Å². The van der Waals surface area contributed by atoms with Crippen LogP contribution in [0, 0.1) is 11.6 Å². The highest BCUT2D eigenvalue weighted by molar-refractivity contribution is 5.92. The van der Waals surface area contributed by atoms with Crippen LogP contribution in [0.25, 0.3) is 10.9 Å². The summed E-state index contributed by atoms with van der Waals surface area (Å²) in [5.74, 6) is -1.72. The summed E-state index contributed by atoms with van der Waals surface area (Å²) in [4.78, 5) is 14.9. The molecule has 2 aromatic carbocycles. The van der Waals surface area contributed by atoms with Gasteiger partial charge in [0, 0.05) is 29.3 Å². The number of H-pyrrole nitrogens is 1. The number of hydrogen-bond acceptors (Lipinski definition) is 2. The third kappa shape index (κ3) is 3.36. The van der Waals surface area contributed by atoms with Crippen molar-refractivity contribution in [2.45, 2.75) is 6.10 Å². The van der Waals surface area contributed by atoms with E-state index in [1.807, 2.05) is 12.1 Å². The lowest BCUT2D eigenvalue weighted by atomic mass is 10.1. The Morgan fingerprint density at radius 1 is 1.17 bits per heavy atom. The SMILES string of the molecule is O=C(NCC(O)c1c(F)cccc1F)Nc1ccc2[nH]ccc2c1. The molecule has 0 aliphatic heterocycles. The normalized spacial score (nSPS) is 12.1. The number of carbonyl (C=O) groups excluding carboxylic acids is 1. The quantitative estimate of drug-likeness (QED) is 0.592. The van der Waals surface area contributed by atoms with Gasteiger partial charge in [0.25, 0.3) is 0 Å². The van der Waals surface area contributed by atoms with Crippen molar-refractivity contribution in [3.63, 3.8) is 0 Å². The van der Waals surface area contributed by atoms with E-state index >= 15 is 0 Å². The minimum Gasteiger partial charge on any atom is -0.386 e. The second kappa shape index (κ2) is 6.67. The molecule has 1 aromatic heterocycles. The number of hydrogen-bond donors (Lipinski definition) is 4. The van der Waals surface area contributed by atoms with Gasteiger partial charge in [-0.1, -0.05) is 6.07 Å². The van der Waals surface area contributed by atoms with Gasteiger partial charge in [0.05, 0.1) is 5.56 Å². The molecule has 5 nitrogen and oxygen atoms in total. The molecular formula is C17H15F2N3O2.